The molecule has 1 fully saturated rings. The number of carbonyl (C=O) groups excluding carboxylic acids is 3. The van der Waals surface area contributed by atoms with Gasteiger partial charge in [-0.2, -0.15) is 0 Å². The normalized spacial score (nSPS) is 25.0. The van der Waals surface area contributed by atoms with Crippen molar-refractivity contribution in [3.8, 4) is 0 Å². The van der Waals surface area contributed by atoms with Crippen molar-refractivity contribution in [3.05, 3.63) is 35.4 Å². The smallest absolute Gasteiger partial charge is 0.409 e. The van der Waals surface area contributed by atoms with E-state index in [4.69, 9.17) is 9.47 Å². The first-order valence-electron chi connectivity index (χ1n) is 8.24. The number of nitrogens with zero attached hydrogens (tertiary/aromatic N) is 1. The van der Waals surface area contributed by atoms with Crippen molar-refractivity contribution < 1.29 is 23.9 Å². The molecule has 1 aliphatic carbocycles. The Morgan fingerprint density at radius 3 is 2.62 bits per heavy atom. The highest BCUT2D eigenvalue weighted by atomic mass is 16.6. The van der Waals surface area contributed by atoms with E-state index in [9.17, 15) is 14.4 Å². The highest BCUT2D eigenvalue weighted by molar-refractivity contribution is 6.10. The van der Waals surface area contributed by atoms with Crippen LogP contribution in [0.5, 0.6) is 0 Å². The summed E-state index contributed by atoms with van der Waals surface area (Å²) in [5.74, 6) is -1.22. The molecule has 0 N–H and O–H groups in total. The topological polar surface area (TPSA) is 72.9 Å². The van der Waals surface area contributed by atoms with E-state index in [0.717, 1.165) is 11.1 Å². The van der Waals surface area contributed by atoms with E-state index in [-0.39, 0.29) is 38.5 Å². The first-order chi connectivity index (χ1) is 11.5. The van der Waals surface area contributed by atoms with Crippen LogP contribution in [0, 0.1) is 5.41 Å². The molecule has 1 aliphatic heterocycles. The number of likely N-dealkylation sites (tertiary alicyclic amines) is 1. The van der Waals surface area contributed by atoms with Crippen molar-refractivity contribution >= 4 is 17.8 Å². The van der Waals surface area contributed by atoms with Gasteiger partial charge in [0.1, 0.15) is 5.41 Å². The molecule has 1 aromatic carbocycles. The maximum atomic E-state index is 13.1. The van der Waals surface area contributed by atoms with E-state index in [1.165, 1.54) is 4.90 Å². The summed E-state index contributed by atoms with van der Waals surface area (Å²) in [5, 5.41) is 0. The van der Waals surface area contributed by atoms with E-state index >= 15 is 0 Å². The molecule has 0 aromatic heterocycles. The first kappa shape index (κ1) is 16.5. The molecule has 0 radical (unpaired) electrons. The zero-order valence-electron chi connectivity index (χ0n) is 13.9. The van der Waals surface area contributed by atoms with Gasteiger partial charge in [-0.15, -0.1) is 0 Å². The monoisotopic (exact) mass is 331 g/mol. The van der Waals surface area contributed by atoms with E-state index < -0.39 is 23.4 Å². The third kappa shape index (κ3) is 2.46. The van der Waals surface area contributed by atoms with Gasteiger partial charge in [0.15, 0.2) is 5.78 Å². The van der Waals surface area contributed by atoms with Crippen molar-refractivity contribution in [2.75, 3.05) is 26.3 Å². The van der Waals surface area contributed by atoms with Crippen LogP contribution < -0.4 is 0 Å². The largest absolute Gasteiger partial charge is 0.465 e. The lowest BCUT2D eigenvalue weighted by Gasteiger charge is -2.46. The lowest BCUT2D eigenvalue weighted by Crippen LogP contribution is -2.61. The highest BCUT2D eigenvalue weighted by Gasteiger charge is 2.58. The van der Waals surface area contributed by atoms with Crippen LogP contribution in [0.1, 0.15) is 30.9 Å². The molecule has 1 aromatic rings. The van der Waals surface area contributed by atoms with Crippen molar-refractivity contribution in [2.45, 2.75) is 26.2 Å². The highest BCUT2D eigenvalue weighted by Crippen LogP contribution is 2.44. The number of ether oxygens (including phenoxy) is 2. The molecule has 128 valence electrons. The Morgan fingerprint density at radius 2 is 1.92 bits per heavy atom. The van der Waals surface area contributed by atoms with Crippen molar-refractivity contribution in [1.82, 2.24) is 4.90 Å². The Bertz CT molecular complexity index is 686. The number of ketones is 1. The SMILES string of the molecule is CCOC(=O)N1C[C@H]2C(=O)[C@](C(=O)OCC)(Cc3ccccc32)C1. The maximum Gasteiger partial charge on any atom is 0.409 e. The Kier molecular flexibility index (Phi) is 4.30. The van der Waals surface area contributed by atoms with Gasteiger partial charge < -0.3 is 14.4 Å². The van der Waals surface area contributed by atoms with Gasteiger partial charge in [-0.05, 0) is 31.4 Å². The number of benzene rings is 1. The molecule has 6 nitrogen and oxygen atoms in total. The molecule has 0 spiro atoms. The number of rotatable bonds is 3. The summed E-state index contributed by atoms with van der Waals surface area (Å²) in [7, 11) is 0. The maximum absolute atomic E-state index is 13.1. The molecular weight excluding hydrogens is 310 g/mol. The summed E-state index contributed by atoms with van der Waals surface area (Å²) in [6.07, 6.45) is -0.240. The predicted molar refractivity (Wildman–Crippen MR) is 85.6 cm³/mol. The Balaban J connectivity index is 2.05. The van der Waals surface area contributed by atoms with Gasteiger partial charge in [0.05, 0.1) is 19.1 Å². The van der Waals surface area contributed by atoms with Crippen LogP contribution in [0.3, 0.4) is 0 Å². The molecule has 2 atom stereocenters. The lowest BCUT2D eigenvalue weighted by atomic mass is 9.63. The van der Waals surface area contributed by atoms with Crippen molar-refractivity contribution in [3.63, 3.8) is 0 Å². The van der Waals surface area contributed by atoms with Crippen LogP contribution in [-0.2, 0) is 25.5 Å². The molecule has 0 unspecified atom stereocenters. The van der Waals surface area contributed by atoms with Gasteiger partial charge in [0.2, 0.25) is 0 Å². The Hall–Kier alpha value is -2.37. The Labute approximate surface area is 140 Å². The van der Waals surface area contributed by atoms with E-state index in [1.807, 2.05) is 24.3 Å². The summed E-state index contributed by atoms with van der Waals surface area (Å²) in [6, 6.07) is 7.59. The molecule has 24 heavy (non-hydrogen) atoms. The number of Topliss-reactive ketones (excluding diaryl/α,β-unsaturated/α-hetero) is 1. The standard InChI is InChI=1S/C18H21NO5/c1-3-23-16(21)18-9-12-7-5-6-8-13(12)14(15(18)20)10-19(11-18)17(22)24-4-2/h5-8,14H,3-4,9-11H2,1-2H3/t14-,18+/m1/s1. The van der Waals surface area contributed by atoms with Gasteiger partial charge in [-0.1, -0.05) is 24.3 Å². The fourth-order valence-corrected chi connectivity index (χ4v) is 3.71. The average molecular weight is 331 g/mol. The van der Waals surface area contributed by atoms with Crippen LogP contribution in [0.25, 0.3) is 0 Å². The molecule has 1 amide bonds. The van der Waals surface area contributed by atoms with Crippen molar-refractivity contribution in [2.24, 2.45) is 5.41 Å². The summed E-state index contributed by atoms with van der Waals surface area (Å²) in [5.41, 5.74) is 0.523. The minimum Gasteiger partial charge on any atom is -0.465 e. The molecular formula is C18H21NO5. The lowest BCUT2D eigenvalue weighted by molar-refractivity contribution is -0.165. The van der Waals surface area contributed by atoms with Crippen LogP contribution in [-0.4, -0.2) is 49.0 Å². The number of esters is 1. The number of hydrogen-bond acceptors (Lipinski definition) is 5. The molecule has 2 bridgehead atoms. The van der Waals surface area contributed by atoms with Gasteiger partial charge in [0, 0.05) is 13.1 Å². The zero-order chi connectivity index (χ0) is 17.3. The van der Waals surface area contributed by atoms with Gasteiger partial charge in [-0.3, -0.25) is 9.59 Å². The summed E-state index contributed by atoms with van der Waals surface area (Å²) < 4.78 is 10.3. The second kappa shape index (κ2) is 6.26. The molecule has 2 aliphatic rings. The molecule has 6 heteroatoms. The quantitative estimate of drug-likeness (QED) is 0.625. The number of hydrogen-bond donors (Lipinski definition) is 0. The van der Waals surface area contributed by atoms with E-state index in [0.29, 0.717) is 0 Å². The number of fused-ring (bicyclic) bond motifs is 4. The van der Waals surface area contributed by atoms with Crippen molar-refractivity contribution in [1.29, 1.82) is 0 Å². The molecule has 1 heterocycles. The molecule has 0 saturated carbocycles. The second-order valence-corrected chi connectivity index (χ2v) is 6.17. The molecule has 3 rings (SSSR count). The first-order valence-corrected chi connectivity index (χ1v) is 8.24. The fourth-order valence-electron chi connectivity index (χ4n) is 3.71. The molecule has 1 saturated heterocycles. The van der Waals surface area contributed by atoms with Crippen LogP contribution >= 0.6 is 0 Å². The summed E-state index contributed by atoms with van der Waals surface area (Å²) in [4.78, 5) is 39.4. The predicted octanol–water partition coefficient (Wildman–Crippen LogP) is 1.92. The fraction of sp³-hybridized carbons (Fsp3) is 0.500. The third-order valence-corrected chi connectivity index (χ3v) is 4.77. The summed E-state index contributed by atoms with van der Waals surface area (Å²) >= 11 is 0. The van der Waals surface area contributed by atoms with Crippen LogP contribution in [0.2, 0.25) is 0 Å². The number of amides is 1. The van der Waals surface area contributed by atoms with Gasteiger partial charge in [-0.25, -0.2) is 4.79 Å². The van der Waals surface area contributed by atoms with Gasteiger partial charge >= 0.3 is 12.1 Å². The number of piperidine rings is 1. The van der Waals surface area contributed by atoms with Crippen LogP contribution in [0.15, 0.2) is 24.3 Å². The zero-order valence-corrected chi connectivity index (χ0v) is 13.9. The second-order valence-electron chi connectivity index (χ2n) is 6.17. The minimum atomic E-state index is -1.33. The minimum absolute atomic E-state index is 0.00827. The number of carbonyl (C=O) groups is 3. The van der Waals surface area contributed by atoms with Crippen LogP contribution in [0.4, 0.5) is 4.79 Å². The van der Waals surface area contributed by atoms with Gasteiger partial charge in [0.25, 0.3) is 0 Å². The average Bonchev–Trinajstić information content (AvgIpc) is 2.56. The summed E-state index contributed by atoms with van der Waals surface area (Å²) in [6.45, 7) is 4.12. The van der Waals surface area contributed by atoms with E-state index in [1.54, 1.807) is 13.8 Å². The third-order valence-electron chi connectivity index (χ3n) is 4.77. The van der Waals surface area contributed by atoms with E-state index in [2.05, 4.69) is 0 Å². The Morgan fingerprint density at radius 1 is 1.21 bits per heavy atom.